The van der Waals surface area contributed by atoms with Crippen LogP contribution in [-0.4, -0.2) is 34.6 Å². The fourth-order valence-electron chi connectivity index (χ4n) is 1.55. The van der Waals surface area contributed by atoms with E-state index in [4.69, 9.17) is 5.11 Å². The lowest BCUT2D eigenvalue weighted by Gasteiger charge is -2.12. The highest BCUT2D eigenvalue weighted by molar-refractivity contribution is 4.94. The number of nitrogens with zero attached hydrogens (tertiary/aromatic N) is 2. The van der Waals surface area contributed by atoms with E-state index in [0.717, 1.165) is 32.5 Å². The minimum atomic E-state index is 0.212. The third kappa shape index (κ3) is 2.33. The molecule has 78 valence electrons. The van der Waals surface area contributed by atoms with E-state index >= 15 is 0 Å². The zero-order valence-corrected chi connectivity index (χ0v) is 8.32. The van der Waals surface area contributed by atoms with Crippen molar-refractivity contribution in [3.8, 4) is 0 Å². The van der Waals surface area contributed by atoms with E-state index in [2.05, 4.69) is 10.4 Å². The molecule has 1 aliphatic rings. The van der Waals surface area contributed by atoms with E-state index in [-0.39, 0.29) is 5.41 Å². The predicted molar refractivity (Wildman–Crippen MR) is 53.8 cm³/mol. The molecule has 1 heterocycles. The second-order valence-electron chi connectivity index (χ2n) is 4.10. The van der Waals surface area contributed by atoms with Gasteiger partial charge in [0.2, 0.25) is 0 Å². The molecule has 0 unspecified atom stereocenters. The largest absolute Gasteiger partial charge is 0.396 e. The summed E-state index contributed by atoms with van der Waals surface area (Å²) in [5, 5.41) is 16.6. The zero-order valence-electron chi connectivity index (χ0n) is 8.32. The standard InChI is InChI=1S/C10H17N3O/c14-9-10(2-3-10)8-11-5-7-13-6-1-4-12-13/h1,4,6,11,14H,2-3,5,7-9H2. The van der Waals surface area contributed by atoms with Crippen molar-refractivity contribution in [2.75, 3.05) is 19.7 Å². The van der Waals surface area contributed by atoms with Crippen molar-refractivity contribution in [1.29, 1.82) is 0 Å². The van der Waals surface area contributed by atoms with Crippen LogP contribution in [0.4, 0.5) is 0 Å². The molecule has 0 aromatic carbocycles. The summed E-state index contributed by atoms with van der Waals surface area (Å²) in [6, 6.07) is 1.93. The number of aliphatic hydroxyl groups excluding tert-OH is 1. The summed E-state index contributed by atoms with van der Waals surface area (Å²) in [4.78, 5) is 0. The molecule has 1 saturated carbocycles. The van der Waals surface area contributed by atoms with Crippen molar-refractivity contribution in [3.63, 3.8) is 0 Å². The Morgan fingerprint density at radius 3 is 2.93 bits per heavy atom. The van der Waals surface area contributed by atoms with Gasteiger partial charge in [-0.05, 0) is 18.9 Å². The topological polar surface area (TPSA) is 50.1 Å². The Labute approximate surface area is 83.9 Å². The maximum absolute atomic E-state index is 9.08. The lowest BCUT2D eigenvalue weighted by Crippen LogP contribution is -2.29. The van der Waals surface area contributed by atoms with Crippen molar-refractivity contribution in [1.82, 2.24) is 15.1 Å². The fraction of sp³-hybridized carbons (Fsp3) is 0.700. The van der Waals surface area contributed by atoms with Gasteiger partial charge in [0.25, 0.3) is 0 Å². The molecule has 2 N–H and O–H groups in total. The first kappa shape index (κ1) is 9.68. The monoisotopic (exact) mass is 195 g/mol. The van der Waals surface area contributed by atoms with Crippen LogP contribution in [0, 0.1) is 5.41 Å². The maximum Gasteiger partial charge on any atom is 0.0533 e. The molecule has 0 radical (unpaired) electrons. The molecule has 0 atom stereocenters. The van der Waals surface area contributed by atoms with Crippen LogP contribution in [0.15, 0.2) is 18.5 Å². The molecule has 0 aliphatic heterocycles. The number of hydrogen-bond donors (Lipinski definition) is 2. The number of aromatic nitrogens is 2. The van der Waals surface area contributed by atoms with Crippen molar-refractivity contribution in [2.45, 2.75) is 19.4 Å². The molecule has 0 bridgehead atoms. The normalized spacial score (nSPS) is 18.4. The van der Waals surface area contributed by atoms with Gasteiger partial charge < -0.3 is 10.4 Å². The van der Waals surface area contributed by atoms with Crippen LogP contribution in [0.25, 0.3) is 0 Å². The summed E-state index contributed by atoms with van der Waals surface area (Å²) in [6.45, 7) is 3.07. The van der Waals surface area contributed by atoms with Gasteiger partial charge in [-0.2, -0.15) is 5.10 Å². The third-order valence-corrected chi connectivity index (χ3v) is 2.87. The lowest BCUT2D eigenvalue weighted by molar-refractivity contribution is 0.207. The second-order valence-corrected chi connectivity index (χ2v) is 4.10. The third-order valence-electron chi connectivity index (χ3n) is 2.87. The Morgan fingerprint density at radius 2 is 2.36 bits per heavy atom. The van der Waals surface area contributed by atoms with E-state index in [9.17, 15) is 0 Å². The Kier molecular flexibility index (Phi) is 2.84. The first-order valence-electron chi connectivity index (χ1n) is 5.14. The van der Waals surface area contributed by atoms with Crippen LogP contribution in [-0.2, 0) is 6.54 Å². The van der Waals surface area contributed by atoms with E-state index < -0.39 is 0 Å². The fourth-order valence-corrected chi connectivity index (χ4v) is 1.55. The van der Waals surface area contributed by atoms with Crippen LogP contribution in [0.3, 0.4) is 0 Å². The van der Waals surface area contributed by atoms with E-state index in [0.29, 0.717) is 6.61 Å². The molecule has 1 aromatic rings. The predicted octanol–water partition coefficient (Wildman–Crippen LogP) is 0.245. The van der Waals surface area contributed by atoms with Gasteiger partial charge in [0.1, 0.15) is 0 Å². The van der Waals surface area contributed by atoms with Crippen molar-refractivity contribution >= 4 is 0 Å². The van der Waals surface area contributed by atoms with Crippen LogP contribution < -0.4 is 5.32 Å². The SMILES string of the molecule is OCC1(CNCCn2cccn2)CC1. The van der Waals surface area contributed by atoms with Gasteiger partial charge >= 0.3 is 0 Å². The van der Waals surface area contributed by atoms with Gasteiger partial charge in [-0.3, -0.25) is 4.68 Å². The molecular formula is C10H17N3O. The maximum atomic E-state index is 9.08. The van der Waals surface area contributed by atoms with Gasteiger partial charge in [0.15, 0.2) is 0 Å². The zero-order chi connectivity index (χ0) is 9.86. The number of hydrogen-bond acceptors (Lipinski definition) is 3. The highest BCUT2D eigenvalue weighted by Crippen LogP contribution is 2.44. The van der Waals surface area contributed by atoms with Crippen molar-refractivity contribution < 1.29 is 5.11 Å². The summed E-state index contributed by atoms with van der Waals surface area (Å²) in [5.74, 6) is 0. The molecule has 4 nitrogen and oxygen atoms in total. The minimum absolute atomic E-state index is 0.212. The molecule has 4 heteroatoms. The molecule has 2 rings (SSSR count). The Hall–Kier alpha value is -0.870. The van der Waals surface area contributed by atoms with Gasteiger partial charge in [-0.15, -0.1) is 0 Å². The molecule has 0 spiro atoms. The summed E-state index contributed by atoms with van der Waals surface area (Å²) < 4.78 is 1.91. The minimum Gasteiger partial charge on any atom is -0.396 e. The van der Waals surface area contributed by atoms with Crippen LogP contribution in [0.2, 0.25) is 0 Å². The highest BCUT2D eigenvalue weighted by atomic mass is 16.3. The van der Waals surface area contributed by atoms with Gasteiger partial charge in [-0.25, -0.2) is 0 Å². The first-order chi connectivity index (χ1) is 6.85. The quantitative estimate of drug-likeness (QED) is 0.640. The van der Waals surface area contributed by atoms with Crippen molar-refractivity contribution in [3.05, 3.63) is 18.5 Å². The summed E-state index contributed by atoms with van der Waals surface area (Å²) in [7, 11) is 0. The lowest BCUT2D eigenvalue weighted by atomic mass is 10.1. The first-order valence-corrected chi connectivity index (χ1v) is 5.14. The van der Waals surface area contributed by atoms with E-state index in [1.807, 2.05) is 16.9 Å². The van der Waals surface area contributed by atoms with E-state index in [1.54, 1.807) is 6.20 Å². The smallest absolute Gasteiger partial charge is 0.0533 e. The Morgan fingerprint density at radius 1 is 1.50 bits per heavy atom. The van der Waals surface area contributed by atoms with E-state index in [1.165, 1.54) is 0 Å². The molecule has 1 aromatic heterocycles. The Balaban J connectivity index is 1.60. The molecule has 0 saturated heterocycles. The van der Waals surface area contributed by atoms with Crippen LogP contribution in [0.1, 0.15) is 12.8 Å². The molecule has 1 aliphatic carbocycles. The average molecular weight is 195 g/mol. The Bertz CT molecular complexity index is 267. The summed E-state index contributed by atoms with van der Waals surface area (Å²) >= 11 is 0. The van der Waals surface area contributed by atoms with Gasteiger partial charge in [0, 0.05) is 37.5 Å². The van der Waals surface area contributed by atoms with Gasteiger partial charge in [-0.1, -0.05) is 0 Å². The highest BCUT2D eigenvalue weighted by Gasteiger charge is 2.41. The summed E-state index contributed by atoms with van der Waals surface area (Å²) in [6.07, 6.45) is 6.08. The van der Waals surface area contributed by atoms with Crippen LogP contribution >= 0.6 is 0 Å². The molecule has 14 heavy (non-hydrogen) atoms. The average Bonchev–Trinajstić information content (AvgIpc) is 2.81. The number of nitrogens with one attached hydrogen (secondary N) is 1. The number of aliphatic hydroxyl groups is 1. The molecular weight excluding hydrogens is 178 g/mol. The van der Waals surface area contributed by atoms with Gasteiger partial charge in [0.05, 0.1) is 6.54 Å². The second kappa shape index (κ2) is 4.11. The summed E-state index contributed by atoms with van der Waals surface area (Å²) in [5.41, 5.74) is 0.212. The molecule has 1 fully saturated rings. The molecule has 0 amide bonds. The van der Waals surface area contributed by atoms with Crippen molar-refractivity contribution in [2.24, 2.45) is 5.41 Å². The van der Waals surface area contributed by atoms with Crippen LogP contribution in [0.5, 0.6) is 0 Å². The number of rotatable bonds is 6.